The number of piperidine rings is 1. The molecule has 1 aromatic rings. The summed E-state index contributed by atoms with van der Waals surface area (Å²) in [6, 6.07) is 2.50. The van der Waals surface area contributed by atoms with Crippen LogP contribution < -0.4 is 10.2 Å². The van der Waals surface area contributed by atoms with Crippen molar-refractivity contribution in [1.29, 1.82) is 5.41 Å². The number of aromatic nitrogens is 2. The lowest BCUT2D eigenvalue weighted by molar-refractivity contribution is 0.107. The van der Waals surface area contributed by atoms with Crippen LogP contribution in [0, 0.1) is 18.3 Å². The minimum Gasteiger partial charge on any atom is -0.388 e. The van der Waals surface area contributed by atoms with E-state index in [1.807, 2.05) is 13.1 Å². The first kappa shape index (κ1) is 16.6. The van der Waals surface area contributed by atoms with E-state index in [0.29, 0.717) is 24.1 Å². The van der Waals surface area contributed by atoms with E-state index in [0.717, 1.165) is 18.3 Å². The molecular formula is C18H28N6O. The number of hydrogen-bond acceptors (Lipinski definition) is 7. The molecule has 0 radical (unpaired) electrons. The van der Waals surface area contributed by atoms with Gasteiger partial charge < -0.3 is 25.0 Å². The Morgan fingerprint density at radius 1 is 1.20 bits per heavy atom. The molecule has 0 aromatic carbocycles. The summed E-state index contributed by atoms with van der Waals surface area (Å²) in [5.41, 5.74) is 0. The minimum atomic E-state index is 0.547. The van der Waals surface area contributed by atoms with E-state index >= 15 is 0 Å². The Kier molecular flexibility index (Phi) is 4.74. The van der Waals surface area contributed by atoms with Gasteiger partial charge in [0.15, 0.2) is 5.82 Å². The van der Waals surface area contributed by atoms with Gasteiger partial charge in [0.25, 0.3) is 0 Å². The third kappa shape index (κ3) is 3.56. The molecule has 2 aliphatic heterocycles. The molecule has 1 aliphatic carbocycles. The first-order chi connectivity index (χ1) is 12.2. The van der Waals surface area contributed by atoms with Crippen LogP contribution in [-0.4, -0.2) is 59.0 Å². The third-order valence-corrected chi connectivity index (χ3v) is 5.98. The molecule has 1 aromatic heterocycles. The van der Waals surface area contributed by atoms with Gasteiger partial charge >= 0.3 is 6.01 Å². The fourth-order valence-corrected chi connectivity index (χ4v) is 4.81. The second kappa shape index (κ2) is 7.15. The van der Waals surface area contributed by atoms with Gasteiger partial charge in [0, 0.05) is 44.0 Å². The molecule has 3 unspecified atom stereocenters. The number of nitrogens with one attached hydrogen (secondary N) is 2. The lowest BCUT2D eigenvalue weighted by Crippen LogP contribution is -2.48. The average molecular weight is 344 g/mol. The van der Waals surface area contributed by atoms with Crippen molar-refractivity contribution in [2.75, 3.05) is 24.5 Å². The Balaban J connectivity index is 1.32. The summed E-state index contributed by atoms with van der Waals surface area (Å²) in [6.45, 7) is 5.28. The van der Waals surface area contributed by atoms with E-state index in [4.69, 9.17) is 9.93 Å². The summed E-state index contributed by atoms with van der Waals surface area (Å²) < 4.78 is 5.42. The van der Waals surface area contributed by atoms with E-state index in [2.05, 4.69) is 25.3 Å². The van der Waals surface area contributed by atoms with Gasteiger partial charge in [0.05, 0.1) is 0 Å². The second-order valence-corrected chi connectivity index (χ2v) is 7.66. The number of rotatable bonds is 5. The van der Waals surface area contributed by atoms with E-state index < -0.39 is 0 Å². The summed E-state index contributed by atoms with van der Waals surface area (Å²) in [4.78, 5) is 9.48. The molecule has 2 bridgehead atoms. The Morgan fingerprint density at radius 2 is 2.00 bits per heavy atom. The van der Waals surface area contributed by atoms with Crippen LogP contribution >= 0.6 is 0 Å². The van der Waals surface area contributed by atoms with Gasteiger partial charge in [-0.05, 0) is 57.2 Å². The monoisotopic (exact) mass is 344 g/mol. The van der Waals surface area contributed by atoms with Gasteiger partial charge in [0.2, 0.25) is 0 Å². The molecule has 0 spiro atoms. The highest BCUT2D eigenvalue weighted by Crippen LogP contribution is 2.40. The maximum atomic E-state index is 7.03. The van der Waals surface area contributed by atoms with Crippen LogP contribution in [0.1, 0.15) is 37.9 Å². The Labute approximate surface area is 149 Å². The first-order valence-corrected chi connectivity index (χ1v) is 9.45. The van der Waals surface area contributed by atoms with Crippen molar-refractivity contribution in [3.8, 4) is 0 Å². The van der Waals surface area contributed by atoms with E-state index in [-0.39, 0.29) is 0 Å². The second-order valence-electron chi connectivity index (χ2n) is 7.66. The van der Waals surface area contributed by atoms with E-state index in [1.54, 1.807) is 6.08 Å². The van der Waals surface area contributed by atoms with Crippen LogP contribution in [0.2, 0.25) is 0 Å². The van der Waals surface area contributed by atoms with E-state index in [9.17, 15) is 0 Å². The fourth-order valence-electron chi connectivity index (χ4n) is 4.81. The molecule has 0 amide bonds. The van der Waals surface area contributed by atoms with Crippen LogP contribution in [-0.2, 0) is 0 Å². The number of anilines is 1. The zero-order valence-corrected chi connectivity index (χ0v) is 14.9. The molecule has 3 aliphatic rings. The molecule has 7 nitrogen and oxygen atoms in total. The average Bonchev–Trinajstić information content (AvgIpc) is 3.18. The number of allylic oxidation sites excluding steroid dienone is 1. The highest BCUT2D eigenvalue weighted by molar-refractivity contribution is 5.67. The number of likely N-dealkylation sites (tertiary alicyclic amines) is 1. The molecule has 4 rings (SSSR count). The topological polar surface area (TPSA) is 81.3 Å². The van der Waals surface area contributed by atoms with Crippen molar-refractivity contribution in [3.63, 3.8) is 0 Å². The van der Waals surface area contributed by atoms with Gasteiger partial charge in [-0.1, -0.05) is 5.16 Å². The molecule has 2 saturated heterocycles. The summed E-state index contributed by atoms with van der Waals surface area (Å²) in [5.74, 6) is 1.47. The van der Waals surface area contributed by atoms with Crippen molar-refractivity contribution >= 4 is 12.2 Å². The van der Waals surface area contributed by atoms with Crippen molar-refractivity contribution in [2.45, 2.75) is 57.2 Å². The molecule has 25 heavy (non-hydrogen) atoms. The summed E-state index contributed by atoms with van der Waals surface area (Å²) in [5, 5.41) is 14.4. The molecule has 3 atom stereocenters. The third-order valence-electron chi connectivity index (χ3n) is 5.98. The molecule has 3 fully saturated rings. The summed E-state index contributed by atoms with van der Waals surface area (Å²) in [7, 11) is 0. The van der Waals surface area contributed by atoms with Crippen LogP contribution in [0.25, 0.3) is 0 Å². The molecule has 136 valence electrons. The van der Waals surface area contributed by atoms with Crippen LogP contribution in [0.3, 0.4) is 0 Å². The lowest BCUT2D eigenvalue weighted by atomic mass is 9.84. The SMILES string of the molecule is Cc1noc(N2CC3CC(N4CCC(N/C=C\C=N)CC4)CC2C3)n1. The Hall–Kier alpha value is -1.89. The number of nitrogens with zero attached hydrogens (tertiary/aromatic N) is 4. The predicted molar refractivity (Wildman–Crippen MR) is 97.0 cm³/mol. The van der Waals surface area contributed by atoms with Gasteiger partial charge in [-0.15, -0.1) is 0 Å². The van der Waals surface area contributed by atoms with Gasteiger partial charge in [-0.3, -0.25) is 0 Å². The van der Waals surface area contributed by atoms with Crippen LogP contribution in [0.4, 0.5) is 6.01 Å². The molecule has 3 heterocycles. The number of aryl methyl sites for hydroxylation is 1. The van der Waals surface area contributed by atoms with E-state index in [1.165, 1.54) is 51.4 Å². The maximum absolute atomic E-state index is 7.03. The number of hydrogen-bond donors (Lipinski definition) is 2. The van der Waals surface area contributed by atoms with Gasteiger partial charge in [0.1, 0.15) is 0 Å². The normalized spacial score (nSPS) is 30.9. The molecule has 2 N–H and O–H groups in total. The quantitative estimate of drug-likeness (QED) is 0.795. The maximum Gasteiger partial charge on any atom is 0.324 e. The van der Waals surface area contributed by atoms with Crippen molar-refractivity contribution < 1.29 is 4.52 Å². The van der Waals surface area contributed by atoms with Gasteiger partial charge in [-0.25, -0.2) is 0 Å². The van der Waals surface area contributed by atoms with Crippen LogP contribution in [0.15, 0.2) is 16.8 Å². The molecular weight excluding hydrogens is 316 g/mol. The Morgan fingerprint density at radius 3 is 2.72 bits per heavy atom. The van der Waals surface area contributed by atoms with Crippen molar-refractivity contribution in [1.82, 2.24) is 20.4 Å². The van der Waals surface area contributed by atoms with Gasteiger partial charge in [-0.2, -0.15) is 4.98 Å². The highest BCUT2D eigenvalue weighted by atomic mass is 16.5. The summed E-state index contributed by atoms with van der Waals surface area (Å²) in [6.07, 6.45) is 11.1. The van der Waals surface area contributed by atoms with Crippen LogP contribution in [0.5, 0.6) is 0 Å². The highest BCUT2D eigenvalue weighted by Gasteiger charge is 2.43. The number of fused-ring (bicyclic) bond motifs is 2. The zero-order chi connectivity index (χ0) is 17.2. The smallest absolute Gasteiger partial charge is 0.324 e. The lowest BCUT2D eigenvalue weighted by Gasteiger charge is -2.41. The Bertz CT molecular complexity index is 621. The largest absolute Gasteiger partial charge is 0.388 e. The molecule has 1 saturated carbocycles. The zero-order valence-electron chi connectivity index (χ0n) is 14.9. The van der Waals surface area contributed by atoms with Crippen molar-refractivity contribution in [2.24, 2.45) is 5.92 Å². The predicted octanol–water partition coefficient (Wildman–Crippen LogP) is 1.95. The molecule has 7 heteroatoms. The fraction of sp³-hybridized carbons (Fsp3) is 0.722. The first-order valence-electron chi connectivity index (χ1n) is 9.45. The standard InChI is InChI=1S/C18H28N6O/c1-13-21-18(25-22-13)24-12-14-9-16(11-17(24)10-14)23-7-3-15(4-8-23)20-6-2-5-19/h2,5-6,14-17,19-20H,3-4,7-12H2,1H3/b6-2-,19-5?. The van der Waals surface area contributed by atoms with Crippen molar-refractivity contribution in [3.05, 3.63) is 18.1 Å². The summed E-state index contributed by atoms with van der Waals surface area (Å²) >= 11 is 0. The minimum absolute atomic E-state index is 0.547.